The van der Waals surface area contributed by atoms with Crippen LogP contribution in [0.3, 0.4) is 0 Å². The highest BCUT2D eigenvalue weighted by molar-refractivity contribution is 7.08. The zero-order valence-electron chi connectivity index (χ0n) is 16.8. The molecule has 1 aliphatic rings. The van der Waals surface area contributed by atoms with Gasteiger partial charge in [0.1, 0.15) is 0 Å². The van der Waals surface area contributed by atoms with Gasteiger partial charge in [-0.2, -0.15) is 11.3 Å². The summed E-state index contributed by atoms with van der Waals surface area (Å²) in [6, 6.07) is 10.3. The van der Waals surface area contributed by atoms with E-state index in [2.05, 4.69) is 58.3 Å². The summed E-state index contributed by atoms with van der Waals surface area (Å²) in [6.07, 6.45) is 6.85. The first-order valence-electron chi connectivity index (χ1n) is 9.97. The fourth-order valence-corrected chi connectivity index (χ4v) is 4.25. The number of nitrogens with one attached hydrogen (secondary N) is 1. The van der Waals surface area contributed by atoms with Gasteiger partial charge in [-0.3, -0.25) is 9.69 Å². The molecular weight excluding hydrogens is 368 g/mol. The smallest absolute Gasteiger partial charge is 0.221 e. The molecule has 5 heteroatoms. The molecule has 0 bridgehead atoms. The predicted molar refractivity (Wildman–Crippen MR) is 118 cm³/mol. The number of anilines is 1. The van der Waals surface area contributed by atoms with Crippen LogP contribution in [0.25, 0.3) is 6.08 Å². The van der Waals surface area contributed by atoms with E-state index >= 15 is 0 Å². The normalized spacial score (nSPS) is 17.1. The van der Waals surface area contributed by atoms with E-state index in [1.54, 1.807) is 11.3 Å². The SMILES string of the molecule is CCOCC1(/C=C/c2ccsc2)CCN(Cc2ccc(NC(C)=O)cc2)CC1. The average Bonchev–Trinajstić information content (AvgIpc) is 3.21. The topological polar surface area (TPSA) is 41.6 Å². The molecule has 1 amide bonds. The monoisotopic (exact) mass is 398 g/mol. The minimum Gasteiger partial charge on any atom is -0.381 e. The van der Waals surface area contributed by atoms with E-state index in [0.717, 1.165) is 51.4 Å². The number of likely N-dealkylation sites (tertiary alicyclic amines) is 1. The second-order valence-electron chi connectivity index (χ2n) is 7.54. The van der Waals surface area contributed by atoms with Crippen molar-refractivity contribution in [3.05, 3.63) is 58.3 Å². The van der Waals surface area contributed by atoms with Gasteiger partial charge in [-0.25, -0.2) is 0 Å². The Morgan fingerprint density at radius 2 is 2.00 bits per heavy atom. The summed E-state index contributed by atoms with van der Waals surface area (Å²) < 4.78 is 5.84. The molecule has 2 heterocycles. The third-order valence-corrected chi connectivity index (χ3v) is 6.00. The second kappa shape index (κ2) is 10.0. The van der Waals surface area contributed by atoms with Crippen LogP contribution < -0.4 is 5.32 Å². The van der Waals surface area contributed by atoms with Gasteiger partial charge < -0.3 is 10.1 Å². The van der Waals surface area contributed by atoms with Crippen molar-refractivity contribution in [3.63, 3.8) is 0 Å². The van der Waals surface area contributed by atoms with Crippen LogP contribution in [0.2, 0.25) is 0 Å². The molecule has 150 valence electrons. The quantitative estimate of drug-likeness (QED) is 0.677. The molecule has 0 unspecified atom stereocenters. The van der Waals surface area contributed by atoms with Crippen LogP contribution in [0.15, 0.2) is 47.2 Å². The van der Waals surface area contributed by atoms with E-state index in [0.29, 0.717) is 0 Å². The predicted octanol–water partition coefficient (Wildman–Crippen LogP) is 5.04. The van der Waals surface area contributed by atoms with Crippen LogP contribution in [-0.4, -0.2) is 37.1 Å². The molecule has 4 nitrogen and oxygen atoms in total. The van der Waals surface area contributed by atoms with Crippen molar-refractivity contribution in [2.75, 3.05) is 31.6 Å². The van der Waals surface area contributed by atoms with E-state index in [1.165, 1.54) is 18.1 Å². The standard InChI is InChI=1S/C23H30N2O2S/c1-3-27-18-23(10-8-21-9-15-28-17-21)11-13-25(14-12-23)16-20-4-6-22(7-5-20)24-19(2)26/h4-10,15,17H,3,11-14,16,18H2,1-2H3,(H,24,26)/b10-8+. The number of carbonyl (C=O) groups is 1. The molecule has 1 aromatic carbocycles. The van der Waals surface area contributed by atoms with Crippen molar-refractivity contribution in [2.45, 2.75) is 33.2 Å². The number of rotatable bonds is 8. The molecule has 3 rings (SSSR count). The molecule has 1 aromatic heterocycles. The number of hydrogen-bond acceptors (Lipinski definition) is 4. The lowest BCUT2D eigenvalue weighted by molar-refractivity contribution is -0.114. The second-order valence-corrected chi connectivity index (χ2v) is 8.32. The Bertz CT molecular complexity index is 760. The molecule has 0 radical (unpaired) electrons. The van der Waals surface area contributed by atoms with Gasteiger partial charge in [-0.05, 0) is 72.9 Å². The van der Waals surface area contributed by atoms with Gasteiger partial charge in [-0.1, -0.05) is 24.3 Å². The summed E-state index contributed by atoms with van der Waals surface area (Å²) >= 11 is 1.73. The van der Waals surface area contributed by atoms with Crippen molar-refractivity contribution in [3.8, 4) is 0 Å². The van der Waals surface area contributed by atoms with E-state index in [4.69, 9.17) is 4.74 Å². The third-order valence-electron chi connectivity index (χ3n) is 5.30. The molecule has 0 aliphatic carbocycles. The summed E-state index contributed by atoms with van der Waals surface area (Å²) in [5.41, 5.74) is 3.54. The van der Waals surface area contributed by atoms with Gasteiger partial charge in [0.05, 0.1) is 6.61 Å². The highest BCUT2D eigenvalue weighted by atomic mass is 32.1. The van der Waals surface area contributed by atoms with E-state index in [-0.39, 0.29) is 11.3 Å². The third kappa shape index (κ3) is 6.03. The van der Waals surface area contributed by atoms with Crippen molar-refractivity contribution >= 4 is 29.0 Å². The number of piperidine rings is 1. The lowest BCUT2D eigenvalue weighted by atomic mass is 9.78. The first kappa shape index (κ1) is 20.8. The van der Waals surface area contributed by atoms with Gasteiger partial charge in [0.25, 0.3) is 0 Å². The molecular formula is C23H30N2O2S. The lowest BCUT2D eigenvalue weighted by Crippen LogP contribution is -2.41. The van der Waals surface area contributed by atoms with Gasteiger partial charge >= 0.3 is 0 Å². The highest BCUT2D eigenvalue weighted by Gasteiger charge is 2.32. The fraction of sp³-hybridized carbons (Fsp3) is 0.435. The minimum atomic E-state index is -0.0371. The molecule has 0 saturated carbocycles. The van der Waals surface area contributed by atoms with E-state index in [1.807, 2.05) is 12.1 Å². The number of benzene rings is 1. The summed E-state index contributed by atoms with van der Waals surface area (Å²) in [6.45, 7) is 8.23. The maximum atomic E-state index is 11.1. The summed E-state index contributed by atoms with van der Waals surface area (Å²) in [7, 11) is 0. The molecule has 1 saturated heterocycles. The van der Waals surface area contributed by atoms with Crippen LogP contribution in [0.4, 0.5) is 5.69 Å². The van der Waals surface area contributed by atoms with E-state index < -0.39 is 0 Å². The van der Waals surface area contributed by atoms with Crippen molar-refractivity contribution in [1.82, 2.24) is 4.90 Å². The van der Waals surface area contributed by atoms with Gasteiger partial charge in [-0.15, -0.1) is 0 Å². The molecule has 1 fully saturated rings. The van der Waals surface area contributed by atoms with Crippen LogP contribution in [0, 0.1) is 5.41 Å². The maximum Gasteiger partial charge on any atom is 0.221 e. The van der Waals surface area contributed by atoms with Crippen LogP contribution >= 0.6 is 11.3 Å². The van der Waals surface area contributed by atoms with Gasteiger partial charge in [0.15, 0.2) is 0 Å². The van der Waals surface area contributed by atoms with Crippen LogP contribution in [0.1, 0.15) is 37.8 Å². The Kier molecular flexibility index (Phi) is 7.43. The Morgan fingerprint density at radius 3 is 2.61 bits per heavy atom. The zero-order valence-corrected chi connectivity index (χ0v) is 17.6. The average molecular weight is 399 g/mol. The number of carbonyl (C=O) groups excluding carboxylic acids is 1. The summed E-state index contributed by atoms with van der Waals surface area (Å²) in [5, 5.41) is 7.12. The molecule has 1 N–H and O–H groups in total. The molecule has 1 aliphatic heterocycles. The summed E-state index contributed by atoms with van der Waals surface area (Å²) in [5.74, 6) is -0.0371. The minimum absolute atomic E-state index is 0.0371. The van der Waals surface area contributed by atoms with E-state index in [9.17, 15) is 4.79 Å². The first-order chi connectivity index (χ1) is 13.6. The largest absolute Gasteiger partial charge is 0.381 e. The fourth-order valence-electron chi connectivity index (χ4n) is 3.62. The number of thiophene rings is 1. The Hall–Kier alpha value is -1.95. The highest BCUT2D eigenvalue weighted by Crippen LogP contribution is 2.35. The first-order valence-corrected chi connectivity index (χ1v) is 10.9. The Morgan fingerprint density at radius 1 is 1.25 bits per heavy atom. The van der Waals surface area contributed by atoms with Crippen LogP contribution in [-0.2, 0) is 16.1 Å². The van der Waals surface area contributed by atoms with Crippen LogP contribution in [0.5, 0.6) is 0 Å². The lowest BCUT2D eigenvalue weighted by Gasteiger charge is -2.40. The Labute approximate surface area is 172 Å². The Balaban J connectivity index is 1.57. The van der Waals surface area contributed by atoms with Crippen molar-refractivity contribution in [1.29, 1.82) is 0 Å². The maximum absolute atomic E-state index is 11.1. The molecule has 2 aromatic rings. The summed E-state index contributed by atoms with van der Waals surface area (Å²) in [4.78, 5) is 13.7. The zero-order chi connectivity index (χ0) is 19.8. The number of nitrogens with zero attached hydrogens (tertiary/aromatic N) is 1. The number of hydrogen-bond donors (Lipinski definition) is 1. The van der Waals surface area contributed by atoms with Gasteiger partial charge in [0.2, 0.25) is 5.91 Å². The molecule has 0 spiro atoms. The number of ether oxygens (including phenoxy) is 1. The van der Waals surface area contributed by atoms with Gasteiger partial charge in [0, 0.05) is 31.2 Å². The van der Waals surface area contributed by atoms with Crippen molar-refractivity contribution < 1.29 is 9.53 Å². The molecule has 28 heavy (non-hydrogen) atoms. The number of amides is 1. The molecule has 0 atom stereocenters. The van der Waals surface area contributed by atoms with Crippen molar-refractivity contribution in [2.24, 2.45) is 5.41 Å².